The summed E-state index contributed by atoms with van der Waals surface area (Å²) in [6, 6.07) is 9.39. The van der Waals surface area contributed by atoms with Gasteiger partial charge in [-0.2, -0.15) is 0 Å². The van der Waals surface area contributed by atoms with Gasteiger partial charge in [0.25, 0.3) is 0 Å². The maximum Gasteiger partial charge on any atom is 0.339 e. The van der Waals surface area contributed by atoms with Crippen molar-refractivity contribution in [2.45, 2.75) is 0 Å². The molecule has 0 radical (unpaired) electrons. The lowest BCUT2D eigenvalue weighted by molar-refractivity contribution is 0.0697. The maximum atomic E-state index is 10.8. The number of rotatable bonds is 2. The van der Waals surface area contributed by atoms with Crippen molar-refractivity contribution in [1.29, 1.82) is 0 Å². The number of hydrogen-bond acceptors (Lipinski definition) is 4. The second-order valence-electron chi connectivity index (χ2n) is 3.48. The van der Waals surface area contributed by atoms with Crippen LogP contribution in [0.5, 0.6) is 5.75 Å². The number of carboxylic acids is 1. The third-order valence-electron chi connectivity index (χ3n) is 2.32. The van der Waals surface area contributed by atoms with Crippen LogP contribution in [0.2, 0.25) is 0 Å². The Kier molecular flexibility index (Phi) is 2.66. The fourth-order valence-corrected chi connectivity index (χ4v) is 1.45. The van der Waals surface area contributed by atoms with Crippen molar-refractivity contribution in [2.75, 3.05) is 5.73 Å². The molecule has 0 aliphatic rings. The lowest BCUT2D eigenvalue weighted by atomic mass is 10.1. The smallest absolute Gasteiger partial charge is 0.339 e. The van der Waals surface area contributed by atoms with Gasteiger partial charge in [-0.3, -0.25) is 0 Å². The number of benzene rings is 1. The summed E-state index contributed by atoms with van der Waals surface area (Å²) < 4.78 is 0. The fraction of sp³-hybridized carbons (Fsp3) is 0. The number of pyridine rings is 1. The molecule has 5 nitrogen and oxygen atoms in total. The number of phenols is 1. The van der Waals surface area contributed by atoms with Crippen molar-refractivity contribution in [3.63, 3.8) is 0 Å². The van der Waals surface area contributed by atoms with Crippen LogP contribution in [0, 0.1) is 0 Å². The molecule has 1 heterocycles. The molecule has 0 bridgehead atoms. The van der Waals surface area contributed by atoms with E-state index in [0.29, 0.717) is 5.69 Å². The van der Waals surface area contributed by atoms with E-state index in [2.05, 4.69) is 4.98 Å². The molecule has 2 aromatic rings. The number of anilines is 1. The molecule has 0 aliphatic carbocycles. The number of aromatic carboxylic acids is 1. The third-order valence-corrected chi connectivity index (χ3v) is 2.32. The average Bonchev–Trinajstić information content (AvgIpc) is 2.29. The summed E-state index contributed by atoms with van der Waals surface area (Å²) in [6.07, 6.45) is 0. The minimum absolute atomic E-state index is 0.0208. The van der Waals surface area contributed by atoms with Crippen molar-refractivity contribution < 1.29 is 15.0 Å². The molecule has 86 valence electrons. The number of aromatic hydroxyl groups is 1. The van der Waals surface area contributed by atoms with Gasteiger partial charge in [-0.25, -0.2) is 9.78 Å². The molecule has 0 saturated carbocycles. The van der Waals surface area contributed by atoms with E-state index in [9.17, 15) is 4.79 Å². The summed E-state index contributed by atoms with van der Waals surface area (Å²) in [5.74, 6) is -0.973. The van der Waals surface area contributed by atoms with Gasteiger partial charge < -0.3 is 15.9 Å². The Balaban J connectivity index is 2.44. The lowest BCUT2D eigenvalue weighted by Crippen LogP contribution is -2.04. The first kappa shape index (κ1) is 10.9. The van der Waals surface area contributed by atoms with E-state index < -0.39 is 5.97 Å². The third kappa shape index (κ3) is 2.17. The predicted molar refractivity (Wildman–Crippen MR) is 62.7 cm³/mol. The van der Waals surface area contributed by atoms with E-state index in [1.807, 2.05) is 0 Å². The summed E-state index contributed by atoms with van der Waals surface area (Å²) in [5.41, 5.74) is 6.85. The SMILES string of the molecule is Nc1nc(-c2ccc(O)cc2)ccc1C(=O)O. The van der Waals surface area contributed by atoms with Crippen LogP contribution in [0.4, 0.5) is 5.82 Å². The summed E-state index contributed by atoms with van der Waals surface area (Å²) in [4.78, 5) is 14.8. The van der Waals surface area contributed by atoms with E-state index >= 15 is 0 Å². The van der Waals surface area contributed by atoms with Crippen LogP contribution in [0.1, 0.15) is 10.4 Å². The van der Waals surface area contributed by atoms with Crippen molar-refractivity contribution in [3.05, 3.63) is 42.0 Å². The van der Waals surface area contributed by atoms with Gasteiger partial charge in [-0.1, -0.05) is 0 Å². The van der Waals surface area contributed by atoms with Gasteiger partial charge in [-0.05, 0) is 36.4 Å². The summed E-state index contributed by atoms with van der Waals surface area (Å²) in [7, 11) is 0. The maximum absolute atomic E-state index is 10.8. The molecule has 0 saturated heterocycles. The second-order valence-corrected chi connectivity index (χ2v) is 3.48. The number of carbonyl (C=O) groups is 1. The van der Waals surface area contributed by atoms with Crippen molar-refractivity contribution in [3.8, 4) is 17.0 Å². The highest BCUT2D eigenvalue weighted by molar-refractivity contribution is 5.93. The van der Waals surface area contributed by atoms with Gasteiger partial charge in [0.15, 0.2) is 0 Å². The molecule has 0 atom stereocenters. The highest BCUT2D eigenvalue weighted by Gasteiger charge is 2.10. The topological polar surface area (TPSA) is 96.4 Å². The molecule has 5 heteroatoms. The molecule has 4 N–H and O–H groups in total. The Bertz CT molecular complexity index is 564. The quantitative estimate of drug-likeness (QED) is 0.730. The van der Waals surface area contributed by atoms with Gasteiger partial charge in [0, 0.05) is 5.56 Å². The first-order chi connectivity index (χ1) is 8.08. The van der Waals surface area contributed by atoms with Gasteiger partial charge in [-0.15, -0.1) is 0 Å². The van der Waals surface area contributed by atoms with Gasteiger partial charge in [0.05, 0.1) is 5.69 Å². The van der Waals surface area contributed by atoms with Crippen LogP contribution in [0.3, 0.4) is 0 Å². The number of carboxylic acid groups (broad SMARTS) is 1. The number of phenolic OH excluding ortho intramolecular Hbond substituents is 1. The summed E-state index contributed by atoms with van der Waals surface area (Å²) in [5, 5.41) is 18.0. The summed E-state index contributed by atoms with van der Waals surface area (Å²) >= 11 is 0. The first-order valence-electron chi connectivity index (χ1n) is 4.87. The Labute approximate surface area is 97.2 Å². The fourth-order valence-electron chi connectivity index (χ4n) is 1.45. The molecule has 1 aromatic carbocycles. The predicted octanol–water partition coefficient (Wildman–Crippen LogP) is 1.73. The van der Waals surface area contributed by atoms with Crippen molar-refractivity contribution >= 4 is 11.8 Å². The Hall–Kier alpha value is -2.56. The molecule has 17 heavy (non-hydrogen) atoms. The van der Waals surface area contributed by atoms with Crippen LogP contribution < -0.4 is 5.73 Å². The highest BCUT2D eigenvalue weighted by Crippen LogP contribution is 2.22. The van der Waals surface area contributed by atoms with Crippen LogP contribution in [0.15, 0.2) is 36.4 Å². The monoisotopic (exact) mass is 230 g/mol. The van der Waals surface area contributed by atoms with Gasteiger partial charge in [0.2, 0.25) is 0 Å². The van der Waals surface area contributed by atoms with Crippen molar-refractivity contribution in [1.82, 2.24) is 4.98 Å². The van der Waals surface area contributed by atoms with E-state index in [1.165, 1.54) is 18.2 Å². The zero-order valence-corrected chi connectivity index (χ0v) is 8.79. The Morgan fingerprint density at radius 2 is 1.76 bits per heavy atom. The van der Waals surface area contributed by atoms with Crippen LogP contribution in [0.25, 0.3) is 11.3 Å². The zero-order chi connectivity index (χ0) is 12.4. The number of nitrogen functional groups attached to an aromatic ring is 1. The summed E-state index contributed by atoms with van der Waals surface area (Å²) in [6.45, 7) is 0. The molecule has 0 unspecified atom stereocenters. The standard InChI is InChI=1S/C12H10N2O3/c13-11-9(12(16)17)5-6-10(14-11)7-1-3-8(15)4-2-7/h1-6,15H,(H2,13,14)(H,16,17). The van der Waals surface area contributed by atoms with Crippen molar-refractivity contribution in [2.24, 2.45) is 0 Å². The number of hydrogen-bond donors (Lipinski definition) is 3. The van der Waals surface area contributed by atoms with E-state index in [4.69, 9.17) is 15.9 Å². The van der Waals surface area contributed by atoms with Crippen LogP contribution >= 0.6 is 0 Å². The molecule has 0 fully saturated rings. The molecule has 0 aliphatic heterocycles. The highest BCUT2D eigenvalue weighted by atomic mass is 16.4. The number of nitrogens with zero attached hydrogens (tertiary/aromatic N) is 1. The molecular formula is C12H10N2O3. The molecular weight excluding hydrogens is 220 g/mol. The minimum atomic E-state index is -1.10. The van der Waals surface area contributed by atoms with Crippen LogP contribution in [-0.2, 0) is 0 Å². The largest absolute Gasteiger partial charge is 0.508 e. The van der Waals surface area contributed by atoms with E-state index in [1.54, 1.807) is 18.2 Å². The average molecular weight is 230 g/mol. The minimum Gasteiger partial charge on any atom is -0.508 e. The molecule has 1 aromatic heterocycles. The number of nitrogens with two attached hydrogens (primary N) is 1. The first-order valence-corrected chi connectivity index (χ1v) is 4.87. The number of aromatic nitrogens is 1. The van der Waals surface area contributed by atoms with E-state index in [0.717, 1.165) is 5.56 Å². The molecule has 0 spiro atoms. The van der Waals surface area contributed by atoms with Crippen LogP contribution in [-0.4, -0.2) is 21.2 Å². The molecule has 2 rings (SSSR count). The van der Waals surface area contributed by atoms with Gasteiger partial charge >= 0.3 is 5.97 Å². The lowest BCUT2D eigenvalue weighted by Gasteiger charge is -2.04. The normalized spacial score (nSPS) is 10.1. The second kappa shape index (κ2) is 4.13. The molecule has 0 amide bonds. The van der Waals surface area contributed by atoms with E-state index in [-0.39, 0.29) is 17.1 Å². The Morgan fingerprint density at radius 1 is 1.12 bits per heavy atom. The van der Waals surface area contributed by atoms with Gasteiger partial charge in [0.1, 0.15) is 17.1 Å². The zero-order valence-electron chi connectivity index (χ0n) is 8.79. The Morgan fingerprint density at radius 3 is 2.29 bits per heavy atom.